The molecule has 0 radical (unpaired) electrons. The molecule has 25 heavy (non-hydrogen) atoms. The van der Waals surface area contributed by atoms with Crippen molar-refractivity contribution in [2.75, 3.05) is 25.9 Å². The van der Waals surface area contributed by atoms with Gasteiger partial charge in [0.05, 0.1) is 17.3 Å². The molecule has 6 nitrogen and oxygen atoms in total. The van der Waals surface area contributed by atoms with Crippen LogP contribution < -0.4 is 0 Å². The zero-order valence-corrected chi connectivity index (χ0v) is 14.7. The van der Waals surface area contributed by atoms with Gasteiger partial charge in [-0.05, 0) is 18.2 Å². The van der Waals surface area contributed by atoms with Crippen molar-refractivity contribution in [1.82, 2.24) is 8.87 Å². The average Bonchev–Trinajstić information content (AvgIpc) is 2.95. The van der Waals surface area contributed by atoms with E-state index < -0.39 is 27.4 Å². The summed E-state index contributed by atoms with van der Waals surface area (Å²) in [6, 6.07) is 3.71. The molecule has 1 aromatic carbocycles. The summed E-state index contributed by atoms with van der Waals surface area (Å²) in [7, 11) is -3.62. The molecule has 3 fully saturated rings. The largest absolute Gasteiger partial charge is 0.455 e. The van der Waals surface area contributed by atoms with Crippen molar-refractivity contribution in [3.05, 3.63) is 35.8 Å². The second-order valence-electron chi connectivity index (χ2n) is 6.93. The maximum atomic E-state index is 13.7. The average molecular weight is 366 g/mol. The van der Waals surface area contributed by atoms with Gasteiger partial charge < -0.3 is 9.64 Å². The van der Waals surface area contributed by atoms with Crippen molar-refractivity contribution in [3.63, 3.8) is 0 Å². The molecule has 2 bridgehead atoms. The zero-order chi connectivity index (χ0) is 17.8. The molecule has 0 saturated carbocycles. The lowest BCUT2D eigenvalue weighted by molar-refractivity contribution is -0.0869. The highest BCUT2D eigenvalue weighted by atomic mass is 32.2. The van der Waals surface area contributed by atoms with Crippen LogP contribution in [0.3, 0.4) is 0 Å². The first-order valence-electron chi connectivity index (χ1n) is 8.24. The minimum atomic E-state index is -3.62. The number of fused-ring (bicyclic) bond motifs is 4. The quantitative estimate of drug-likeness (QED) is 0.777. The van der Waals surface area contributed by atoms with Crippen LogP contribution in [0.2, 0.25) is 0 Å². The van der Waals surface area contributed by atoms with Crippen LogP contribution in [0.4, 0.5) is 4.39 Å². The van der Waals surface area contributed by atoms with E-state index in [-0.39, 0.29) is 16.5 Å². The monoisotopic (exact) mass is 366 g/mol. The number of benzene rings is 1. The van der Waals surface area contributed by atoms with E-state index in [1.165, 1.54) is 24.4 Å². The summed E-state index contributed by atoms with van der Waals surface area (Å²) in [6.07, 6.45) is 4.60. The Labute approximate surface area is 145 Å². The molecule has 0 unspecified atom stereocenters. The molecule has 8 heteroatoms. The van der Waals surface area contributed by atoms with Crippen LogP contribution >= 0.6 is 0 Å². The minimum Gasteiger partial charge on any atom is -0.455 e. The van der Waals surface area contributed by atoms with Gasteiger partial charge >= 0.3 is 5.97 Å². The Kier molecular flexibility index (Phi) is 3.66. The van der Waals surface area contributed by atoms with E-state index in [1.54, 1.807) is 0 Å². The number of halogens is 1. The van der Waals surface area contributed by atoms with E-state index >= 15 is 0 Å². The normalized spacial score (nSPS) is 26.1. The fraction of sp³-hybridized carbons (Fsp3) is 0.471. The van der Waals surface area contributed by atoms with Gasteiger partial charge in [0.25, 0.3) is 0 Å². The second kappa shape index (κ2) is 5.54. The van der Waals surface area contributed by atoms with Gasteiger partial charge in [-0.2, -0.15) is 0 Å². The number of carbonyl (C=O) groups excluding carboxylic acids is 1. The minimum absolute atomic E-state index is 0.0855. The van der Waals surface area contributed by atoms with Crippen LogP contribution in [-0.4, -0.2) is 54.8 Å². The summed E-state index contributed by atoms with van der Waals surface area (Å²) in [5.74, 6) is -1.12. The van der Waals surface area contributed by atoms with Gasteiger partial charge in [0, 0.05) is 50.5 Å². The highest BCUT2D eigenvalue weighted by molar-refractivity contribution is 7.89. The molecule has 3 aliphatic rings. The standard InChI is InChI=1S/C17H19FN2O4S/c1-25(22,23)20-11-14(13-10-12(18)2-3-15(13)20)16(21)24-17-4-7-19(8-5-17)9-6-17/h2-3,10-11H,4-9H2,1H3. The highest BCUT2D eigenvalue weighted by Gasteiger charge is 2.43. The molecule has 0 aliphatic carbocycles. The number of piperidine rings is 3. The molecule has 0 N–H and O–H groups in total. The second-order valence-corrected chi connectivity index (χ2v) is 8.79. The predicted molar refractivity (Wildman–Crippen MR) is 90.6 cm³/mol. The van der Waals surface area contributed by atoms with Gasteiger partial charge in [0.1, 0.15) is 11.4 Å². The number of aromatic nitrogens is 1. The summed E-state index contributed by atoms with van der Waals surface area (Å²) in [4.78, 5) is 15.1. The van der Waals surface area contributed by atoms with Crippen LogP contribution in [0, 0.1) is 5.82 Å². The maximum absolute atomic E-state index is 13.7. The maximum Gasteiger partial charge on any atom is 0.340 e. The molecule has 2 aromatic rings. The highest BCUT2D eigenvalue weighted by Crippen LogP contribution is 2.36. The lowest BCUT2D eigenvalue weighted by Crippen LogP contribution is -2.54. The molecular weight excluding hydrogens is 347 g/mol. The summed E-state index contributed by atoms with van der Waals surface area (Å²) in [6.45, 7) is 2.69. The number of ether oxygens (including phenoxy) is 1. The number of hydrogen-bond acceptors (Lipinski definition) is 5. The summed E-state index contributed by atoms with van der Waals surface area (Å²) >= 11 is 0. The van der Waals surface area contributed by atoms with Gasteiger partial charge in [-0.15, -0.1) is 0 Å². The Morgan fingerprint density at radius 1 is 1.20 bits per heavy atom. The van der Waals surface area contributed by atoms with Gasteiger partial charge in [-0.1, -0.05) is 0 Å². The summed E-state index contributed by atoms with van der Waals surface area (Å²) < 4.78 is 44.5. The molecule has 0 amide bonds. The van der Waals surface area contributed by atoms with Crippen LogP contribution in [-0.2, 0) is 14.8 Å². The van der Waals surface area contributed by atoms with E-state index in [2.05, 4.69) is 4.90 Å². The Balaban J connectivity index is 1.75. The summed E-state index contributed by atoms with van der Waals surface area (Å²) in [5.41, 5.74) is -0.132. The zero-order valence-electron chi connectivity index (χ0n) is 13.9. The number of carbonyl (C=O) groups is 1. The molecule has 3 aliphatic heterocycles. The fourth-order valence-electron chi connectivity index (χ4n) is 3.81. The van der Waals surface area contributed by atoms with E-state index in [4.69, 9.17) is 4.74 Å². The smallest absolute Gasteiger partial charge is 0.340 e. The number of esters is 1. The van der Waals surface area contributed by atoms with E-state index in [0.717, 1.165) is 49.1 Å². The van der Waals surface area contributed by atoms with Gasteiger partial charge in [0.15, 0.2) is 0 Å². The van der Waals surface area contributed by atoms with Crippen molar-refractivity contribution in [2.24, 2.45) is 0 Å². The third kappa shape index (κ3) is 2.83. The van der Waals surface area contributed by atoms with E-state index in [1.807, 2.05) is 0 Å². The van der Waals surface area contributed by atoms with Crippen molar-refractivity contribution in [1.29, 1.82) is 0 Å². The van der Waals surface area contributed by atoms with E-state index in [0.29, 0.717) is 0 Å². The molecular formula is C17H19FN2O4S. The van der Waals surface area contributed by atoms with E-state index in [9.17, 15) is 17.6 Å². The van der Waals surface area contributed by atoms with Crippen LogP contribution in [0.5, 0.6) is 0 Å². The van der Waals surface area contributed by atoms with Crippen molar-refractivity contribution < 1.29 is 22.3 Å². The first kappa shape index (κ1) is 16.5. The Morgan fingerprint density at radius 2 is 1.84 bits per heavy atom. The van der Waals surface area contributed by atoms with Gasteiger partial charge in [0.2, 0.25) is 10.0 Å². The van der Waals surface area contributed by atoms with Crippen molar-refractivity contribution in [3.8, 4) is 0 Å². The van der Waals surface area contributed by atoms with Crippen molar-refractivity contribution in [2.45, 2.75) is 24.9 Å². The Hall–Kier alpha value is -1.93. The SMILES string of the molecule is CS(=O)(=O)n1cc(C(=O)OC23CCN(CC2)CC3)c2cc(F)ccc21. The number of nitrogens with zero attached hydrogens (tertiary/aromatic N) is 2. The first-order valence-corrected chi connectivity index (χ1v) is 10.1. The predicted octanol–water partition coefficient (Wildman–Crippen LogP) is 1.98. The van der Waals surface area contributed by atoms with Crippen molar-refractivity contribution >= 4 is 26.9 Å². The Bertz CT molecular complexity index is 945. The first-order chi connectivity index (χ1) is 11.8. The van der Waals surface area contributed by atoms with Gasteiger partial charge in [-0.25, -0.2) is 21.6 Å². The molecule has 1 aromatic heterocycles. The third-order valence-electron chi connectivity index (χ3n) is 5.27. The Morgan fingerprint density at radius 3 is 2.44 bits per heavy atom. The molecule has 5 rings (SSSR count). The van der Waals surface area contributed by atoms with Crippen LogP contribution in [0.15, 0.2) is 24.4 Å². The molecule has 0 spiro atoms. The topological polar surface area (TPSA) is 68.6 Å². The number of rotatable bonds is 3. The van der Waals surface area contributed by atoms with Gasteiger partial charge in [-0.3, -0.25) is 0 Å². The molecule has 4 heterocycles. The molecule has 134 valence electrons. The molecule has 0 atom stereocenters. The van der Waals surface area contributed by atoms with Crippen LogP contribution in [0.1, 0.15) is 29.6 Å². The third-order valence-corrected chi connectivity index (χ3v) is 6.29. The lowest BCUT2D eigenvalue weighted by Gasteiger charge is -2.47. The lowest BCUT2D eigenvalue weighted by atomic mass is 9.83. The van der Waals surface area contributed by atoms with Crippen LogP contribution in [0.25, 0.3) is 10.9 Å². The molecule has 3 saturated heterocycles. The number of hydrogen-bond donors (Lipinski definition) is 0. The summed E-state index contributed by atoms with van der Waals surface area (Å²) in [5, 5.41) is 0.250. The fourth-order valence-corrected chi connectivity index (χ4v) is 4.62.